The number of nitrogens with one attached hydrogen (secondary N) is 1. The summed E-state index contributed by atoms with van der Waals surface area (Å²) in [5, 5.41) is 7.81. The topological polar surface area (TPSA) is 98.5 Å². The Morgan fingerprint density at radius 3 is 2.53 bits per heavy atom. The van der Waals surface area contributed by atoms with E-state index in [1.807, 2.05) is 0 Å². The highest BCUT2D eigenvalue weighted by atomic mass is 32.2. The molecule has 19 heavy (non-hydrogen) atoms. The van der Waals surface area contributed by atoms with Gasteiger partial charge in [-0.15, -0.1) is 0 Å². The molecule has 0 aromatic heterocycles. The average Bonchev–Trinajstić information content (AvgIpc) is 2.34. The normalized spacial score (nSPS) is 11.4. The molecule has 0 radical (unpaired) electrons. The average molecular weight is 286 g/mol. The molecule has 0 spiro atoms. The molecule has 6 nitrogen and oxygen atoms in total. The fraction of sp³-hybridized carbons (Fsp3) is 0.417. The number of ether oxygens (including phenoxy) is 1. The molecule has 1 rings (SSSR count). The third-order valence-corrected chi connectivity index (χ3v) is 3.46. The summed E-state index contributed by atoms with van der Waals surface area (Å²) in [5.74, 6) is -0.0506. The second-order valence-electron chi connectivity index (χ2n) is 4.40. The summed E-state index contributed by atoms with van der Waals surface area (Å²) < 4.78 is 27.8. The Hall–Kier alpha value is -1.60. The number of carbonyl (C=O) groups is 1. The molecule has 1 amide bonds. The zero-order valence-electron chi connectivity index (χ0n) is 11.1. The first kappa shape index (κ1) is 15.5. The van der Waals surface area contributed by atoms with E-state index in [1.165, 1.54) is 19.2 Å². The van der Waals surface area contributed by atoms with Crippen molar-refractivity contribution < 1.29 is 17.9 Å². The van der Waals surface area contributed by atoms with Crippen LogP contribution in [-0.4, -0.2) is 21.4 Å². The molecule has 7 heteroatoms. The Bertz CT molecular complexity index is 567. The minimum absolute atomic E-state index is 0.0914. The van der Waals surface area contributed by atoms with Crippen LogP contribution >= 0.6 is 0 Å². The van der Waals surface area contributed by atoms with Gasteiger partial charge in [-0.2, -0.15) is 0 Å². The van der Waals surface area contributed by atoms with Crippen molar-refractivity contribution in [2.24, 2.45) is 11.1 Å². The Morgan fingerprint density at radius 2 is 2.05 bits per heavy atom. The minimum atomic E-state index is -3.86. The fourth-order valence-electron chi connectivity index (χ4n) is 1.45. The van der Waals surface area contributed by atoms with Crippen LogP contribution in [0.25, 0.3) is 0 Å². The molecular weight excluding hydrogens is 268 g/mol. The minimum Gasteiger partial charge on any atom is -0.495 e. The number of benzene rings is 1. The molecule has 0 saturated carbocycles. The molecule has 0 aliphatic rings. The number of carbonyl (C=O) groups excluding carboxylic acids is 1. The molecule has 0 atom stereocenters. The van der Waals surface area contributed by atoms with E-state index in [9.17, 15) is 13.2 Å². The summed E-state index contributed by atoms with van der Waals surface area (Å²) in [6.07, 6.45) is 0. The summed E-state index contributed by atoms with van der Waals surface area (Å²) in [4.78, 5) is 11.4. The van der Waals surface area contributed by atoms with Crippen molar-refractivity contribution in [1.82, 2.24) is 5.32 Å². The predicted molar refractivity (Wildman–Crippen MR) is 71.1 cm³/mol. The van der Waals surface area contributed by atoms with E-state index in [2.05, 4.69) is 5.32 Å². The maximum absolute atomic E-state index is 11.4. The number of nitrogens with two attached hydrogens (primary N) is 1. The number of sulfonamides is 1. The summed E-state index contributed by atoms with van der Waals surface area (Å²) in [6.45, 7) is 3.79. The molecule has 0 aliphatic heterocycles. The zero-order valence-corrected chi connectivity index (χ0v) is 12.0. The number of hydrogen-bond acceptors (Lipinski definition) is 4. The fourth-order valence-corrected chi connectivity index (χ4v) is 2.19. The molecule has 0 aliphatic carbocycles. The first-order valence-corrected chi connectivity index (χ1v) is 7.27. The highest BCUT2D eigenvalue weighted by Crippen LogP contribution is 2.23. The van der Waals surface area contributed by atoms with E-state index in [0.29, 0.717) is 5.56 Å². The summed E-state index contributed by atoms with van der Waals surface area (Å²) >= 11 is 0. The Kier molecular flexibility index (Phi) is 4.90. The second-order valence-corrected chi connectivity index (χ2v) is 5.93. The smallest absolute Gasteiger partial charge is 0.241 e. The number of methoxy groups -OCH3 is 1. The van der Waals surface area contributed by atoms with Crippen LogP contribution in [0.1, 0.15) is 19.4 Å². The maximum atomic E-state index is 11.4. The van der Waals surface area contributed by atoms with E-state index in [0.717, 1.165) is 0 Å². The monoisotopic (exact) mass is 286 g/mol. The molecule has 0 unspecified atom stereocenters. The van der Waals surface area contributed by atoms with Gasteiger partial charge in [-0.05, 0) is 17.7 Å². The van der Waals surface area contributed by atoms with E-state index in [1.54, 1.807) is 19.9 Å². The summed E-state index contributed by atoms with van der Waals surface area (Å²) in [6, 6.07) is 4.58. The van der Waals surface area contributed by atoms with Gasteiger partial charge in [-0.1, -0.05) is 19.9 Å². The first-order valence-electron chi connectivity index (χ1n) is 5.73. The first-order chi connectivity index (χ1) is 8.75. The lowest BCUT2D eigenvalue weighted by molar-refractivity contribution is -0.124. The van der Waals surface area contributed by atoms with Crippen molar-refractivity contribution in [2.45, 2.75) is 25.3 Å². The summed E-state index contributed by atoms with van der Waals surface area (Å²) in [5.41, 5.74) is 0.638. The summed E-state index contributed by atoms with van der Waals surface area (Å²) in [7, 11) is -2.50. The SMILES string of the molecule is COc1ccc(CNC(=O)C(C)C)cc1S(N)(=O)=O. The quantitative estimate of drug-likeness (QED) is 0.828. The standard InChI is InChI=1S/C12H18N2O4S/c1-8(2)12(15)14-7-9-4-5-10(18-3)11(6-9)19(13,16)17/h4-6,8H,7H2,1-3H3,(H,14,15)(H2,13,16,17). The van der Waals surface area contributed by atoms with Crippen LogP contribution in [0.5, 0.6) is 5.75 Å². The lowest BCUT2D eigenvalue weighted by Gasteiger charge is -2.11. The van der Waals surface area contributed by atoms with E-state index in [4.69, 9.17) is 9.88 Å². The molecule has 1 aromatic carbocycles. The Labute approximate surface area is 113 Å². The highest BCUT2D eigenvalue weighted by molar-refractivity contribution is 7.89. The number of hydrogen-bond donors (Lipinski definition) is 2. The molecule has 0 saturated heterocycles. The van der Waals surface area contributed by atoms with E-state index >= 15 is 0 Å². The van der Waals surface area contributed by atoms with Gasteiger partial charge < -0.3 is 10.1 Å². The van der Waals surface area contributed by atoms with Crippen molar-refractivity contribution in [3.8, 4) is 5.75 Å². The van der Waals surface area contributed by atoms with E-state index < -0.39 is 10.0 Å². The molecular formula is C12H18N2O4S. The van der Waals surface area contributed by atoms with Gasteiger partial charge in [0, 0.05) is 12.5 Å². The van der Waals surface area contributed by atoms with Crippen LogP contribution < -0.4 is 15.2 Å². The molecule has 0 fully saturated rings. The lowest BCUT2D eigenvalue weighted by atomic mass is 10.2. The van der Waals surface area contributed by atoms with E-state index in [-0.39, 0.29) is 29.0 Å². The van der Waals surface area contributed by atoms with Crippen LogP contribution in [-0.2, 0) is 21.4 Å². The van der Waals surface area contributed by atoms with Crippen LogP contribution in [0, 0.1) is 5.92 Å². The maximum Gasteiger partial charge on any atom is 0.241 e. The largest absolute Gasteiger partial charge is 0.495 e. The van der Waals surface area contributed by atoms with Crippen LogP contribution in [0.2, 0.25) is 0 Å². The van der Waals surface area contributed by atoms with Crippen molar-refractivity contribution in [3.63, 3.8) is 0 Å². The Morgan fingerprint density at radius 1 is 1.42 bits per heavy atom. The third-order valence-electron chi connectivity index (χ3n) is 2.53. The number of primary sulfonamides is 1. The van der Waals surface area contributed by atoms with Gasteiger partial charge in [0.25, 0.3) is 0 Å². The number of rotatable bonds is 5. The predicted octanol–water partition coefficient (Wildman–Crippen LogP) is 0.615. The molecule has 106 valence electrons. The van der Waals surface area contributed by atoms with Gasteiger partial charge >= 0.3 is 0 Å². The van der Waals surface area contributed by atoms with Crippen LogP contribution in [0.4, 0.5) is 0 Å². The van der Waals surface area contributed by atoms with Crippen molar-refractivity contribution in [3.05, 3.63) is 23.8 Å². The van der Waals surface area contributed by atoms with Crippen LogP contribution in [0.15, 0.2) is 23.1 Å². The Balaban J connectivity index is 2.97. The molecule has 0 bridgehead atoms. The van der Waals surface area contributed by atoms with Crippen molar-refractivity contribution in [1.29, 1.82) is 0 Å². The lowest BCUT2D eigenvalue weighted by Crippen LogP contribution is -2.27. The van der Waals surface area contributed by atoms with Crippen molar-refractivity contribution >= 4 is 15.9 Å². The van der Waals surface area contributed by atoms with Crippen LogP contribution in [0.3, 0.4) is 0 Å². The molecule has 0 heterocycles. The van der Waals surface area contributed by atoms with Gasteiger partial charge in [0.15, 0.2) is 0 Å². The van der Waals surface area contributed by atoms with Gasteiger partial charge in [-0.3, -0.25) is 4.79 Å². The van der Waals surface area contributed by atoms with Gasteiger partial charge in [-0.25, -0.2) is 13.6 Å². The van der Waals surface area contributed by atoms with Gasteiger partial charge in [0.1, 0.15) is 10.6 Å². The second kappa shape index (κ2) is 6.03. The molecule has 1 aromatic rings. The van der Waals surface area contributed by atoms with Crippen molar-refractivity contribution in [2.75, 3.05) is 7.11 Å². The van der Waals surface area contributed by atoms with Gasteiger partial charge in [0.2, 0.25) is 15.9 Å². The molecule has 3 N–H and O–H groups in total. The highest BCUT2D eigenvalue weighted by Gasteiger charge is 2.16. The third kappa shape index (κ3) is 4.22. The number of amides is 1. The van der Waals surface area contributed by atoms with Gasteiger partial charge in [0.05, 0.1) is 7.11 Å². The zero-order chi connectivity index (χ0) is 14.6.